The van der Waals surface area contributed by atoms with E-state index in [1.54, 1.807) is 15.3 Å². The van der Waals surface area contributed by atoms with Crippen molar-refractivity contribution in [2.75, 3.05) is 26.3 Å². The minimum Gasteiger partial charge on any atom is -0.377 e. The molecule has 130 valence electrons. The number of nitrogens with zero attached hydrogens (tertiary/aromatic N) is 4. The van der Waals surface area contributed by atoms with E-state index in [1.165, 1.54) is 0 Å². The molecule has 7 heteroatoms. The standard InChI is InChI=1S/C17H24N4O3/c22-17-20-8-2-1-7-16(20)18-21(17)13-19(11-14-5-3-9-23-14)12-15-6-4-10-24-15/h1-2,7-8,14-15H,3-6,9-13H2/t14-,15-/m1/s1. The van der Waals surface area contributed by atoms with Crippen molar-refractivity contribution in [1.82, 2.24) is 19.1 Å². The minimum atomic E-state index is -0.102. The highest BCUT2D eigenvalue weighted by Gasteiger charge is 2.24. The van der Waals surface area contributed by atoms with Gasteiger partial charge in [-0.15, -0.1) is 5.10 Å². The van der Waals surface area contributed by atoms with E-state index in [2.05, 4.69) is 10.00 Å². The summed E-state index contributed by atoms with van der Waals surface area (Å²) in [6.07, 6.45) is 6.66. The molecule has 2 aliphatic rings. The summed E-state index contributed by atoms with van der Waals surface area (Å²) in [7, 11) is 0. The fourth-order valence-electron chi connectivity index (χ4n) is 3.59. The van der Waals surface area contributed by atoms with E-state index < -0.39 is 0 Å². The predicted molar refractivity (Wildman–Crippen MR) is 89.0 cm³/mol. The molecular formula is C17H24N4O3. The van der Waals surface area contributed by atoms with Crippen LogP contribution in [-0.4, -0.2) is 57.6 Å². The molecule has 24 heavy (non-hydrogen) atoms. The first-order valence-electron chi connectivity index (χ1n) is 8.79. The lowest BCUT2D eigenvalue weighted by molar-refractivity contribution is 0.0232. The van der Waals surface area contributed by atoms with Crippen LogP contribution in [0.5, 0.6) is 0 Å². The quantitative estimate of drug-likeness (QED) is 0.793. The van der Waals surface area contributed by atoms with Crippen LogP contribution in [0.15, 0.2) is 29.2 Å². The maximum Gasteiger partial charge on any atom is 0.351 e. The van der Waals surface area contributed by atoms with Crippen molar-refractivity contribution in [2.45, 2.75) is 44.6 Å². The lowest BCUT2D eigenvalue weighted by Crippen LogP contribution is -2.41. The van der Waals surface area contributed by atoms with Crippen molar-refractivity contribution in [2.24, 2.45) is 0 Å². The van der Waals surface area contributed by atoms with Gasteiger partial charge >= 0.3 is 5.69 Å². The van der Waals surface area contributed by atoms with Crippen molar-refractivity contribution >= 4 is 5.65 Å². The molecule has 0 amide bonds. The summed E-state index contributed by atoms with van der Waals surface area (Å²) >= 11 is 0. The molecule has 4 heterocycles. The average Bonchev–Trinajstić information content (AvgIpc) is 3.32. The van der Waals surface area contributed by atoms with E-state index in [0.29, 0.717) is 12.3 Å². The molecule has 0 radical (unpaired) electrons. The number of ether oxygens (including phenoxy) is 2. The number of pyridine rings is 1. The van der Waals surface area contributed by atoms with Crippen LogP contribution < -0.4 is 5.69 Å². The van der Waals surface area contributed by atoms with Crippen LogP contribution in [0.1, 0.15) is 25.7 Å². The first-order chi connectivity index (χ1) is 11.8. The first-order valence-corrected chi connectivity index (χ1v) is 8.79. The number of hydrogen-bond donors (Lipinski definition) is 0. The molecule has 0 N–H and O–H groups in total. The zero-order valence-corrected chi connectivity index (χ0v) is 13.8. The topological polar surface area (TPSA) is 61.0 Å². The Kier molecular flexibility index (Phi) is 4.64. The third-order valence-corrected chi connectivity index (χ3v) is 4.79. The summed E-state index contributed by atoms with van der Waals surface area (Å²) in [5, 5.41) is 4.45. The third-order valence-electron chi connectivity index (χ3n) is 4.79. The highest BCUT2D eigenvalue weighted by atomic mass is 16.5. The largest absolute Gasteiger partial charge is 0.377 e. The number of hydrogen-bond acceptors (Lipinski definition) is 5. The van der Waals surface area contributed by atoms with Crippen LogP contribution in [0.3, 0.4) is 0 Å². The Morgan fingerprint density at radius 3 is 2.42 bits per heavy atom. The summed E-state index contributed by atoms with van der Waals surface area (Å²) in [6, 6.07) is 5.59. The highest BCUT2D eigenvalue weighted by Crippen LogP contribution is 2.17. The SMILES string of the molecule is O=c1n(CN(C[C@H]2CCCO2)C[C@H]2CCCO2)nc2ccccn12. The maximum atomic E-state index is 12.5. The normalized spacial score (nSPS) is 24.4. The number of rotatable bonds is 6. The molecule has 0 spiro atoms. The molecule has 4 rings (SSSR count). The summed E-state index contributed by atoms with van der Waals surface area (Å²) in [4.78, 5) is 14.8. The Hall–Kier alpha value is -1.70. The second-order valence-corrected chi connectivity index (χ2v) is 6.66. The molecule has 0 saturated carbocycles. The van der Waals surface area contributed by atoms with Crippen molar-refractivity contribution in [1.29, 1.82) is 0 Å². The summed E-state index contributed by atoms with van der Waals surface area (Å²) in [6.45, 7) is 3.79. The fourth-order valence-corrected chi connectivity index (χ4v) is 3.59. The van der Waals surface area contributed by atoms with E-state index in [-0.39, 0.29) is 17.9 Å². The monoisotopic (exact) mass is 332 g/mol. The van der Waals surface area contributed by atoms with Crippen molar-refractivity contribution < 1.29 is 9.47 Å². The zero-order valence-electron chi connectivity index (χ0n) is 13.8. The summed E-state index contributed by atoms with van der Waals surface area (Å²) in [5.41, 5.74) is 0.576. The molecule has 2 aliphatic heterocycles. The molecule has 0 aliphatic carbocycles. The smallest absolute Gasteiger partial charge is 0.351 e. The van der Waals surface area contributed by atoms with Crippen LogP contribution in [0.25, 0.3) is 5.65 Å². The van der Waals surface area contributed by atoms with E-state index in [4.69, 9.17) is 9.47 Å². The van der Waals surface area contributed by atoms with Crippen LogP contribution in [0.2, 0.25) is 0 Å². The second-order valence-electron chi connectivity index (χ2n) is 6.66. The van der Waals surface area contributed by atoms with Gasteiger partial charge < -0.3 is 9.47 Å². The molecule has 7 nitrogen and oxygen atoms in total. The van der Waals surface area contributed by atoms with Crippen LogP contribution >= 0.6 is 0 Å². The molecular weight excluding hydrogens is 308 g/mol. The summed E-state index contributed by atoms with van der Waals surface area (Å²) in [5.74, 6) is 0. The molecule has 0 aromatic carbocycles. The van der Waals surface area contributed by atoms with Gasteiger partial charge in [-0.1, -0.05) is 6.07 Å². The fraction of sp³-hybridized carbons (Fsp3) is 0.647. The van der Waals surface area contributed by atoms with Gasteiger partial charge in [-0.05, 0) is 37.8 Å². The molecule has 2 atom stereocenters. The van der Waals surface area contributed by atoms with Crippen LogP contribution in [0.4, 0.5) is 0 Å². The van der Waals surface area contributed by atoms with Gasteiger partial charge in [-0.25, -0.2) is 4.79 Å². The van der Waals surface area contributed by atoms with E-state index in [0.717, 1.165) is 52.0 Å². The molecule has 2 fully saturated rings. The Balaban J connectivity index is 1.52. The van der Waals surface area contributed by atoms with Gasteiger partial charge in [0.25, 0.3) is 0 Å². The van der Waals surface area contributed by atoms with Gasteiger partial charge in [0.05, 0.1) is 18.9 Å². The molecule has 2 aromatic heterocycles. The van der Waals surface area contributed by atoms with Crippen molar-refractivity contribution in [3.63, 3.8) is 0 Å². The summed E-state index contributed by atoms with van der Waals surface area (Å²) < 4.78 is 14.7. The molecule has 2 aromatic rings. The Morgan fingerprint density at radius 2 is 1.83 bits per heavy atom. The highest BCUT2D eigenvalue weighted by molar-refractivity contribution is 5.35. The maximum absolute atomic E-state index is 12.5. The van der Waals surface area contributed by atoms with Gasteiger partial charge in [0.1, 0.15) is 0 Å². The van der Waals surface area contributed by atoms with Crippen LogP contribution in [0, 0.1) is 0 Å². The Morgan fingerprint density at radius 1 is 1.12 bits per heavy atom. The van der Waals surface area contributed by atoms with Gasteiger partial charge in [0.2, 0.25) is 0 Å². The average molecular weight is 332 g/mol. The lowest BCUT2D eigenvalue weighted by atomic mass is 10.2. The van der Waals surface area contributed by atoms with Gasteiger partial charge in [0.15, 0.2) is 5.65 Å². The number of fused-ring (bicyclic) bond motifs is 1. The Bertz CT molecular complexity index is 711. The third kappa shape index (κ3) is 3.38. The van der Waals surface area contributed by atoms with Crippen LogP contribution in [-0.2, 0) is 16.1 Å². The van der Waals surface area contributed by atoms with Crippen molar-refractivity contribution in [3.8, 4) is 0 Å². The zero-order chi connectivity index (χ0) is 16.4. The lowest BCUT2D eigenvalue weighted by Gasteiger charge is -2.26. The van der Waals surface area contributed by atoms with E-state index >= 15 is 0 Å². The molecule has 2 saturated heterocycles. The van der Waals surface area contributed by atoms with E-state index in [1.807, 2.05) is 18.2 Å². The second kappa shape index (κ2) is 7.04. The van der Waals surface area contributed by atoms with Gasteiger partial charge in [-0.2, -0.15) is 4.68 Å². The van der Waals surface area contributed by atoms with Gasteiger partial charge in [-0.3, -0.25) is 9.30 Å². The molecule has 0 unspecified atom stereocenters. The van der Waals surface area contributed by atoms with E-state index in [9.17, 15) is 4.79 Å². The molecule has 0 bridgehead atoms. The minimum absolute atomic E-state index is 0.102. The Labute approximate surface area is 140 Å². The number of aromatic nitrogens is 3. The first kappa shape index (κ1) is 15.8. The predicted octanol–water partition coefficient (Wildman–Crippen LogP) is 1.11. The van der Waals surface area contributed by atoms with Gasteiger partial charge in [0, 0.05) is 32.5 Å². The van der Waals surface area contributed by atoms with Crippen molar-refractivity contribution in [3.05, 3.63) is 34.9 Å².